The highest BCUT2D eigenvalue weighted by molar-refractivity contribution is 5.99. The van der Waals surface area contributed by atoms with Crippen LogP contribution < -0.4 is 5.56 Å². The van der Waals surface area contributed by atoms with E-state index < -0.39 is 5.97 Å². The van der Waals surface area contributed by atoms with Gasteiger partial charge in [-0.1, -0.05) is 18.2 Å². The molecule has 1 aliphatic rings. The first-order valence-corrected chi connectivity index (χ1v) is 10.4. The number of hydrogen-bond acceptors (Lipinski definition) is 6. The number of aromatic nitrogens is 3. The monoisotopic (exact) mass is 423 g/mol. The van der Waals surface area contributed by atoms with Gasteiger partial charge in [-0.15, -0.1) is 0 Å². The van der Waals surface area contributed by atoms with Crippen LogP contribution in [-0.4, -0.2) is 45.8 Å². The predicted molar refractivity (Wildman–Crippen MR) is 114 cm³/mol. The molecule has 1 atom stereocenters. The standard InChI is InChI=1S/C23H25N3O5/c1-14-10-19(15(2)26(14)12-16-6-5-9-30-16)21(27)13-31-22(28)11-20-17-7-3-4-8-18(17)23(29)25-24-20/h3-4,7-8,10,16H,5-6,9,11-13H2,1-2H3,(H,25,29)/t16-/m0/s1. The Morgan fingerprint density at radius 1 is 1.26 bits per heavy atom. The number of aryl methyl sites for hydroxylation is 1. The summed E-state index contributed by atoms with van der Waals surface area (Å²) in [5, 5.41) is 7.41. The second-order valence-corrected chi connectivity index (χ2v) is 7.84. The van der Waals surface area contributed by atoms with Crippen LogP contribution in [0.5, 0.6) is 0 Å². The van der Waals surface area contributed by atoms with Crippen molar-refractivity contribution in [3.05, 3.63) is 63.3 Å². The fourth-order valence-electron chi connectivity index (χ4n) is 4.07. The van der Waals surface area contributed by atoms with Crippen molar-refractivity contribution in [1.29, 1.82) is 0 Å². The number of H-pyrrole nitrogens is 1. The third kappa shape index (κ3) is 4.44. The number of nitrogens with zero attached hydrogens (tertiary/aromatic N) is 2. The molecule has 8 nitrogen and oxygen atoms in total. The number of aromatic amines is 1. The summed E-state index contributed by atoms with van der Waals surface area (Å²) in [6, 6.07) is 8.74. The topological polar surface area (TPSA) is 103 Å². The number of benzene rings is 1. The molecule has 0 aliphatic carbocycles. The summed E-state index contributed by atoms with van der Waals surface area (Å²) >= 11 is 0. The normalized spacial score (nSPS) is 16.0. The van der Waals surface area contributed by atoms with Crippen molar-refractivity contribution in [1.82, 2.24) is 14.8 Å². The van der Waals surface area contributed by atoms with Gasteiger partial charge in [-0.3, -0.25) is 14.4 Å². The second-order valence-electron chi connectivity index (χ2n) is 7.84. The molecule has 0 spiro atoms. The van der Waals surface area contributed by atoms with Gasteiger partial charge < -0.3 is 14.0 Å². The molecule has 0 unspecified atom stereocenters. The molecule has 0 radical (unpaired) electrons. The number of carbonyl (C=O) groups is 2. The van der Waals surface area contributed by atoms with Crippen molar-refractivity contribution in [2.45, 2.75) is 45.8 Å². The number of esters is 1. The molecule has 0 amide bonds. The lowest BCUT2D eigenvalue weighted by atomic mass is 10.1. The lowest BCUT2D eigenvalue weighted by Crippen LogP contribution is -2.19. The summed E-state index contributed by atoms with van der Waals surface area (Å²) in [5.74, 6) is -0.828. The van der Waals surface area contributed by atoms with Gasteiger partial charge in [0.05, 0.1) is 23.6 Å². The first-order valence-electron chi connectivity index (χ1n) is 10.4. The van der Waals surface area contributed by atoms with Gasteiger partial charge in [-0.25, -0.2) is 5.10 Å². The minimum atomic E-state index is -0.578. The number of carbonyl (C=O) groups excluding carboxylic acids is 2. The quantitative estimate of drug-likeness (QED) is 0.463. The van der Waals surface area contributed by atoms with Gasteiger partial charge in [0.15, 0.2) is 6.61 Å². The number of fused-ring (bicyclic) bond motifs is 1. The van der Waals surface area contributed by atoms with E-state index in [0.717, 1.165) is 37.4 Å². The Morgan fingerprint density at radius 2 is 2.03 bits per heavy atom. The van der Waals surface area contributed by atoms with Gasteiger partial charge in [0.25, 0.3) is 5.56 Å². The Bertz CT molecular complexity index is 1190. The zero-order valence-corrected chi connectivity index (χ0v) is 17.6. The smallest absolute Gasteiger partial charge is 0.312 e. The molecule has 3 aromatic rings. The molecule has 31 heavy (non-hydrogen) atoms. The van der Waals surface area contributed by atoms with E-state index >= 15 is 0 Å². The molecule has 1 aliphatic heterocycles. The summed E-state index contributed by atoms with van der Waals surface area (Å²) in [4.78, 5) is 36.9. The number of rotatable bonds is 7. The van der Waals surface area contributed by atoms with Crippen molar-refractivity contribution < 1.29 is 19.1 Å². The van der Waals surface area contributed by atoms with Gasteiger partial charge in [0.1, 0.15) is 0 Å². The first kappa shape index (κ1) is 21.0. The Balaban J connectivity index is 1.41. The van der Waals surface area contributed by atoms with E-state index in [0.29, 0.717) is 22.0 Å². The van der Waals surface area contributed by atoms with Crippen LogP contribution >= 0.6 is 0 Å². The zero-order valence-electron chi connectivity index (χ0n) is 17.6. The van der Waals surface area contributed by atoms with Crippen molar-refractivity contribution in [2.24, 2.45) is 0 Å². The average Bonchev–Trinajstić information content (AvgIpc) is 3.38. The Hall–Kier alpha value is -3.26. The van der Waals surface area contributed by atoms with Crippen LogP contribution in [0.1, 0.15) is 40.3 Å². The fourth-order valence-corrected chi connectivity index (χ4v) is 4.07. The summed E-state index contributed by atoms with van der Waals surface area (Å²) in [6.07, 6.45) is 2.12. The number of ether oxygens (including phenoxy) is 2. The van der Waals surface area contributed by atoms with E-state index in [1.807, 2.05) is 19.9 Å². The fraction of sp³-hybridized carbons (Fsp3) is 0.391. The highest BCUT2D eigenvalue weighted by Crippen LogP contribution is 2.21. The highest BCUT2D eigenvalue weighted by atomic mass is 16.5. The van der Waals surface area contributed by atoms with E-state index in [1.165, 1.54) is 0 Å². The molecular formula is C23H25N3O5. The summed E-state index contributed by atoms with van der Waals surface area (Å²) < 4.78 is 13.0. The average molecular weight is 423 g/mol. The molecule has 8 heteroatoms. The molecule has 3 heterocycles. The molecule has 0 saturated carbocycles. The van der Waals surface area contributed by atoms with Gasteiger partial charge >= 0.3 is 5.97 Å². The Morgan fingerprint density at radius 3 is 2.77 bits per heavy atom. The molecule has 1 aromatic carbocycles. The minimum absolute atomic E-state index is 0.136. The Labute approximate surface area is 179 Å². The number of Topliss-reactive ketones (excluding diaryl/α,β-unsaturated/α-hetero) is 1. The van der Waals surface area contributed by atoms with E-state index in [4.69, 9.17) is 9.47 Å². The number of hydrogen-bond donors (Lipinski definition) is 1. The van der Waals surface area contributed by atoms with Crippen molar-refractivity contribution in [3.8, 4) is 0 Å². The van der Waals surface area contributed by atoms with Crippen molar-refractivity contribution in [2.75, 3.05) is 13.2 Å². The second kappa shape index (κ2) is 8.85. The van der Waals surface area contributed by atoms with Crippen LogP contribution in [0, 0.1) is 13.8 Å². The van der Waals surface area contributed by atoms with Gasteiger partial charge in [-0.05, 0) is 38.8 Å². The van der Waals surface area contributed by atoms with Crippen LogP contribution in [0.4, 0.5) is 0 Å². The van der Waals surface area contributed by atoms with E-state index in [1.54, 1.807) is 24.3 Å². The third-order valence-corrected chi connectivity index (χ3v) is 5.74. The lowest BCUT2D eigenvalue weighted by molar-refractivity contribution is -0.141. The maximum atomic E-state index is 12.7. The van der Waals surface area contributed by atoms with Crippen LogP contribution in [0.25, 0.3) is 10.8 Å². The minimum Gasteiger partial charge on any atom is -0.457 e. The molecule has 1 N–H and O–H groups in total. The molecule has 1 fully saturated rings. The van der Waals surface area contributed by atoms with Crippen LogP contribution in [0.15, 0.2) is 35.1 Å². The molecule has 0 bridgehead atoms. The third-order valence-electron chi connectivity index (χ3n) is 5.74. The molecular weight excluding hydrogens is 398 g/mol. The summed E-state index contributed by atoms with van der Waals surface area (Å²) in [5.41, 5.74) is 2.47. The predicted octanol–water partition coefficient (Wildman–Crippen LogP) is 2.49. The van der Waals surface area contributed by atoms with Gasteiger partial charge in [-0.2, -0.15) is 5.10 Å². The summed E-state index contributed by atoms with van der Waals surface area (Å²) in [6.45, 7) is 5.01. The maximum Gasteiger partial charge on any atom is 0.312 e. The number of ketones is 1. The largest absolute Gasteiger partial charge is 0.457 e. The number of nitrogens with one attached hydrogen (secondary N) is 1. The van der Waals surface area contributed by atoms with Crippen LogP contribution in [-0.2, 0) is 27.2 Å². The van der Waals surface area contributed by atoms with E-state index in [9.17, 15) is 14.4 Å². The molecule has 2 aromatic heterocycles. The zero-order chi connectivity index (χ0) is 22.0. The maximum absolute atomic E-state index is 12.7. The van der Waals surface area contributed by atoms with Crippen LogP contribution in [0.2, 0.25) is 0 Å². The molecule has 162 valence electrons. The highest BCUT2D eigenvalue weighted by Gasteiger charge is 2.22. The van der Waals surface area contributed by atoms with E-state index in [-0.39, 0.29) is 30.5 Å². The van der Waals surface area contributed by atoms with Crippen molar-refractivity contribution in [3.63, 3.8) is 0 Å². The van der Waals surface area contributed by atoms with Crippen molar-refractivity contribution >= 4 is 22.5 Å². The molecule has 1 saturated heterocycles. The van der Waals surface area contributed by atoms with Gasteiger partial charge in [0, 0.05) is 35.5 Å². The van der Waals surface area contributed by atoms with Crippen LogP contribution in [0.3, 0.4) is 0 Å². The first-order chi connectivity index (χ1) is 14.9. The SMILES string of the molecule is Cc1cc(C(=O)COC(=O)Cc2n[nH]c(=O)c3ccccc23)c(C)n1C[C@@H]1CCCO1. The van der Waals surface area contributed by atoms with E-state index in [2.05, 4.69) is 14.8 Å². The Kier molecular flexibility index (Phi) is 5.99. The summed E-state index contributed by atoms with van der Waals surface area (Å²) in [7, 11) is 0. The van der Waals surface area contributed by atoms with Gasteiger partial charge in [0.2, 0.25) is 5.78 Å². The molecule has 4 rings (SSSR count). The lowest BCUT2D eigenvalue weighted by Gasteiger charge is -2.14.